The Morgan fingerprint density at radius 2 is 0.773 bits per heavy atom. The second-order valence-electron chi connectivity index (χ2n) is 29.1. The number of unbranched alkanes of at least 4 members (excludes halogenated alkanes) is 15. The summed E-state index contributed by atoms with van der Waals surface area (Å²) in [6.45, 7) is 7.68. The SMILES string of the molecule is BrCCCCCCCCCBr.CC(CCBr)CCBr.COc1cc(-c2ccc(N=C=O)c(OC)c2)ccc1N=C=O.ICCOCCOCCI.O=C(NCCCl)C(=O)NCCCl.O=C=NC1CCC(CC2CCC(N=C=O)CC2)CC1.O=C=NCCCCCCCCCCCCN=C=O.O=C=NCc1ccc(CCc2ccc(CN=C=O)o2)o1.O=C=Nc1cccc(N=C=O)c1. The van der Waals surface area contributed by atoms with Crippen LogP contribution in [0, 0.1) is 17.8 Å². The van der Waals surface area contributed by atoms with Crippen LogP contribution in [0.5, 0.6) is 11.5 Å². The quantitative estimate of drug-likeness (QED) is 0.00911. The first-order valence-corrected chi connectivity index (χ1v) is 52.5. The Hall–Kier alpha value is -7.56. The molecule has 0 bridgehead atoms. The lowest BCUT2D eigenvalue weighted by atomic mass is 9.76. The van der Waals surface area contributed by atoms with Crippen molar-refractivity contribution >= 4 is 227 Å². The van der Waals surface area contributed by atoms with Gasteiger partial charge in [-0.05, 0) is 192 Å². The van der Waals surface area contributed by atoms with Gasteiger partial charge in [0.25, 0.3) is 0 Å². The average Bonchev–Trinajstić information content (AvgIpc) is 0.892. The Balaban J connectivity index is 0. The van der Waals surface area contributed by atoms with Gasteiger partial charge in [0.2, 0.25) is 60.8 Å². The minimum Gasteiger partial charge on any atom is -0.494 e. The van der Waals surface area contributed by atoms with Crippen LogP contribution in [0.3, 0.4) is 0 Å². The van der Waals surface area contributed by atoms with Crippen molar-refractivity contribution in [2.24, 2.45) is 67.7 Å². The molecule has 2 saturated carbocycles. The van der Waals surface area contributed by atoms with Gasteiger partial charge in [0.1, 0.15) is 59.0 Å². The molecule has 0 atom stereocenters. The van der Waals surface area contributed by atoms with Crippen LogP contribution in [0.1, 0.15) is 210 Å². The zero-order valence-corrected chi connectivity index (χ0v) is 87.9. The minimum absolute atomic E-state index is 0.206. The number of ether oxygens (including phenoxy) is 4. The van der Waals surface area contributed by atoms with E-state index in [0.29, 0.717) is 71.7 Å². The molecule has 2 aromatic heterocycles. The highest BCUT2D eigenvalue weighted by Crippen LogP contribution is 2.38. The van der Waals surface area contributed by atoms with Crippen molar-refractivity contribution in [3.8, 4) is 22.6 Å². The summed E-state index contributed by atoms with van der Waals surface area (Å²) in [6.07, 6.45) is 51.1. The molecule has 38 heteroatoms. The molecule has 2 aliphatic rings. The van der Waals surface area contributed by atoms with Crippen LogP contribution in [0.4, 0.5) is 22.7 Å². The number of benzene rings is 3. The number of halogens is 8. The van der Waals surface area contributed by atoms with E-state index in [-0.39, 0.29) is 50.0 Å². The molecular formula is C94H126Br4Cl2I2N12O18. The summed E-state index contributed by atoms with van der Waals surface area (Å²) in [7, 11) is 2.98. The van der Waals surface area contributed by atoms with Crippen molar-refractivity contribution < 1.29 is 85.3 Å². The maximum Gasteiger partial charge on any atom is 0.309 e. The fourth-order valence-electron chi connectivity index (χ4n) is 12.5. The molecule has 2 fully saturated rings. The van der Waals surface area contributed by atoms with Gasteiger partial charge in [0.15, 0.2) is 0 Å². The van der Waals surface area contributed by atoms with Gasteiger partial charge in [-0.1, -0.05) is 217 Å². The van der Waals surface area contributed by atoms with Crippen LogP contribution < -0.4 is 20.1 Å². The maximum atomic E-state index is 10.8. The number of aliphatic imine (C=N–C) groups is 10. The predicted octanol–water partition coefficient (Wildman–Crippen LogP) is 23.3. The minimum atomic E-state index is -0.680. The highest BCUT2D eigenvalue weighted by Gasteiger charge is 2.27. The number of amides is 2. The second-order valence-corrected chi connectivity index (χ2v) is 35.2. The first-order chi connectivity index (χ1) is 64.5. The van der Waals surface area contributed by atoms with Crippen LogP contribution in [0.25, 0.3) is 11.1 Å². The Bertz CT molecular complexity index is 4090. The molecule has 2 aliphatic carbocycles. The summed E-state index contributed by atoms with van der Waals surface area (Å²) in [5.41, 5.74) is 3.30. The van der Waals surface area contributed by atoms with Crippen molar-refractivity contribution in [1.82, 2.24) is 10.6 Å². The van der Waals surface area contributed by atoms with Gasteiger partial charge >= 0.3 is 11.8 Å². The molecule has 2 amide bonds. The lowest BCUT2D eigenvalue weighted by molar-refractivity contribution is -0.139. The normalized spacial score (nSPS) is 13.2. The Kier molecular flexibility index (Phi) is 91.2. The van der Waals surface area contributed by atoms with Crippen LogP contribution in [0.2, 0.25) is 0 Å². The molecule has 726 valence electrons. The second kappa shape index (κ2) is 95.2. The van der Waals surface area contributed by atoms with E-state index in [9.17, 15) is 57.5 Å². The third-order valence-corrected chi connectivity index (χ3v) is 22.6. The summed E-state index contributed by atoms with van der Waals surface area (Å²) in [6, 6.07) is 24.4. The van der Waals surface area contributed by atoms with Crippen molar-refractivity contribution in [3.05, 3.63) is 108 Å². The van der Waals surface area contributed by atoms with E-state index in [4.69, 9.17) is 51.0 Å². The molecule has 2 heterocycles. The van der Waals surface area contributed by atoms with E-state index in [2.05, 4.69) is 176 Å². The summed E-state index contributed by atoms with van der Waals surface area (Å²) in [4.78, 5) is 158. The molecular weight excluding hydrogens is 2230 g/mol. The molecule has 0 unspecified atom stereocenters. The van der Waals surface area contributed by atoms with E-state index in [0.717, 1.165) is 138 Å². The van der Waals surface area contributed by atoms with E-state index in [1.807, 2.05) is 12.1 Å². The highest BCUT2D eigenvalue weighted by molar-refractivity contribution is 14.1. The molecule has 0 radical (unpaired) electrons. The Morgan fingerprint density at radius 1 is 0.424 bits per heavy atom. The smallest absolute Gasteiger partial charge is 0.309 e. The number of isocyanates is 10. The van der Waals surface area contributed by atoms with E-state index in [1.54, 1.807) is 91.0 Å². The van der Waals surface area contributed by atoms with Crippen LogP contribution >= 0.6 is 132 Å². The van der Waals surface area contributed by atoms with Gasteiger partial charge in [-0.15, -0.1) is 23.2 Å². The number of nitrogens with one attached hydrogen (secondary N) is 2. The number of aryl methyl sites for hydroxylation is 2. The van der Waals surface area contributed by atoms with E-state index >= 15 is 0 Å². The van der Waals surface area contributed by atoms with E-state index in [1.165, 1.54) is 196 Å². The third-order valence-electron chi connectivity index (χ3n) is 19.3. The number of hydrogen-bond acceptors (Lipinski definition) is 28. The Labute approximate surface area is 847 Å². The van der Waals surface area contributed by atoms with Crippen molar-refractivity contribution in [2.75, 3.05) is 109 Å². The molecule has 0 spiro atoms. The molecule has 0 aliphatic heterocycles. The maximum absolute atomic E-state index is 10.8. The molecule has 132 heavy (non-hydrogen) atoms. The van der Waals surface area contributed by atoms with E-state index < -0.39 is 11.8 Å². The molecule has 2 N–H and O–H groups in total. The zero-order chi connectivity index (χ0) is 97.6. The first kappa shape index (κ1) is 126. The summed E-state index contributed by atoms with van der Waals surface area (Å²) >= 11 is 28.8. The first-order valence-electron chi connectivity index (χ1n) is 43.9. The van der Waals surface area contributed by atoms with Gasteiger partial charge in [-0.2, -0.15) is 30.0 Å². The van der Waals surface area contributed by atoms with Crippen molar-refractivity contribution in [1.29, 1.82) is 0 Å². The zero-order valence-electron chi connectivity index (χ0n) is 75.8. The predicted molar refractivity (Wildman–Crippen MR) is 548 cm³/mol. The standard InChI is InChI=1S/C16H12N2O4.C15H22N2O2.C14H12N2O4.C14H24N2O2.C9H18Br2.C8H4N2O2.C6H12Br2.C6H10Cl2N2O2.C6H12I2O2/c1-21-15-7-11(3-5-13(15)17-9-19)12-4-6-14(18-10-20)16(8-12)22-2;18-10-16-14-5-1-12(2-6-14)9-13-3-7-15(8-4-13)17-11-19;17-9-15-7-13-5-3-11(19-13)1-2-12-4-6-14(20-12)8-16-10-18;17-13-15-11-9-7-5-3-1-2-4-6-8-10-12-16-14-18;10-8-6-4-2-1-3-5-7-9-11;11-5-9-7-2-1-3-8(4-7)10-6-12;1-6(2-4-7)3-5-8;7-1-3-9-5(11)6(12)10-4-2-8;7-1-3-9-5-6-10-4-2-8/h3-8H,1-2H3;12-15H,1-9H2;3-6H,1-2,7-8H2;1-12H2;1-9H2;1-4H;6H,2-5H2,1H3;1-4H2,(H,9,11)(H,10,12);1-6H2. The van der Waals surface area contributed by atoms with Crippen molar-refractivity contribution in [3.63, 3.8) is 0 Å². The number of methoxy groups -OCH3 is 2. The highest BCUT2D eigenvalue weighted by atomic mass is 127. The lowest BCUT2D eigenvalue weighted by Crippen LogP contribution is -2.41. The number of hydrogen-bond donors (Lipinski definition) is 2. The summed E-state index contributed by atoms with van der Waals surface area (Å²) in [5.74, 6) is 5.44. The number of nitrogens with zero attached hydrogens (tertiary/aromatic N) is 10. The van der Waals surface area contributed by atoms with Gasteiger partial charge in [-0.3, -0.25) is 9.59 Å². The number of carbonyl (C=O) groups is 2. The molecule has 7 rings (SSSR count). The van der Waals surface area contributed by atoms with Crippen LogP contribution in [0.15, 0.2) is 144 Å². The summed E-state index contributed by atoms with van der Waals surface area (Å²) in [5, 5.41) is 9.26. The van der Waals surface area contributed by atoms with Gasteiger partial charge in [0.05, 0.1) is 77.2 Å². The fourth-order valence-corrected chi connectivity index (χ4v) is 15.7. The number of rotatable bonds is 54. The molecule has 3 aromatic carbocycles. The number of alkyl halides is 8. The van der Waals surface area contributed by atoms with Crippen molar-refractivity contribution in [2.45, 2.75) is 225 Å². The Morgan fingerprint density at radius 3 is 1.08 bits per heavy atom. The number of furan rings is 2. The van der Waals surface area contributed by atoms with Crippen LogP contribution in [-0.4, -0.2) is 193 Å². The monoisotopic (exact) mass is 2350 g/mol. The lowest BCUT2D eigenvalue weighted by Gasteiger charge is -2.31. The molecule has 5 aromatic rings. The number of carbonyl (C=O) groups excluding carboxylic acids is 12. The molecule has 0 saturated heterocycles. The third kappa shape index (κ3) is 72.8. The summed E-state index contributed by atoms with van der Waals surface area (Å²) < 4.78 is 33.9. The van der Waals surface area contributed by atoms with Gasteiger partial charge < -0.3 is 38.4 Å². The fraction of sp³-hybridized carbons (Fsp3) is 0.596. The largest absolute Gasteiger partial charge is 0.494 e. The molecule has 30 nitrogen and oxygen atoms in total. The topological polar surface area (TPSA) is 416 Å². The average molecular weight is 2360 g/mol. The van der Waals surface area contributed by atoms with Gasteiger partial charge in [0, 0.05) is 67.9 Å². The van der Waals surface area contributed by atoms with Gasteiger partial charge in [-0.25, -0.2) is 67.9 Å². The van der Waals surface area contributed by atoms with Crippen LogP contribution in [-0.2, 0) is 92.9 Å².